The molecule has 0 spiro atoms. The van der Waals surface area contributed by atoms with Crippen molar-refractivity contribution in [3.8, 4) is 5.75 Å². The lowest BCUT2D eigenvalue weighted by Gasteiger charge is -2.30. The molecule has 1 aromatic rings. The standard InChI is InChI=1S/C14H18FN3O2/c1-18-8-2-3-10(9-18)13-16-14(17-20-13)19-12-6-4-11(15)5-7-12/h4-7,10,13H,2-3,8-9H2,1H3,(H,16,17). The highest BCUT2D eigenvalue weighted by Gasteiger charge is 2.31. The zero-order valence-corrected chi connectivity index (χ0v) is 11.4. The fourth-order valence-electron chi connectivity index (χ4n) is 2.58. The van der Waals surface area contributed by atoms with Crippen molar-refractivity contribution in [3.05, 3.63) is 30.1 Å². The molecule has 0 aliphatic carbocycles. The van der Waals surface area contributed by atoms with E-state index in [-0.39, 0.29) is 12.0 Å². The third-order valence-corrected chi connectivity index (χ3v) is 3.60. The minimum Gasteiger partial charge on any atom is -0.425 e. The summed E-state index contributed by atoms with van der Waals surface area (Å²) in [5.41, 5.74) is 2.70. The molecular weight excluding hydrogens is 261 g/mol. The number of nitrogens with one attached hydrogen (secondary N) is 1. The molecule has 1 fully saturated rings. The van der Waals surface area contributed by atoms with Crippen LogP contribution in [0.25, 0.3) is 0 Å². The molecule has 108 valence electrons. The van der Waals surface area contributed by atoms with Gasteiger partial charge in [-0.1, -0.05) is 0 Å². The third-order valence-electron chi connectivity index (χ3n) is 3.60. The summed E-state index contributed by atoms with van der Waals surface area (Å²) in [5, 5.41) is 0. The Kier molecular flexibility index (Phi) is 3.84. The minimum absolute atomic E-state index is 0.215. The molecule has 0 amide bonds. The largest absolute Gasteiger partial charge is 0.425 e. The first kappa shape index (κ1) is 13.3. The van der Waals surface area contributed by atoms with Gasteiger partial charge in [-0.25, -0.2) is 14.7 Å². The molecule has 2 unspecified atom stereocenters. The average Bonchev–Trinajstić information content (AvgIpc) is 2.90. The second-order valence-corrected chi connectivity index (χ2v) is 5.27. The van der Waals surface area contributed by atoms with E-state index in [2.05, 4.69) is 22.4 Å². The molecule has 2 heterocycles. The van der Waals surface area contributed by atoms with Gasteiger partial charge in [0.15, 0.2) is 6.23 Å². The van der Waals surface area contributed by atoms with Gasteiger partial charge in [-0.05, 0) is 50.7 Å². The number of hydrogen-bond acceptors (Lipinski definition) is 5. The van der Waals surface area contributed by atoms with Crippen molar-refractivity contribution < 1.29 is 14.0 Å². The van der Waals surface area contributed by atoms with Crippen LogP contribution in [0.1, 0.15) is 12.8 Å². The maximum absolute atomic E-state index is 12.8. The number of hydrogen-bond donors (Lipinski definition) is 1. The summed E-state index contributed by atoms with van der Waals surface area (Å²) in [6.07, 6.45) is 2.04. The predicted molar refractivity (Wildman–Crippen MR) is 72.7 cm³/mol. The molecule has 0 radical (unpaired) electrons. The number of halogens is 1. The molecule has 5 nitrogen and oxygen atoms in total. The Hall–Kier alpha value is -1.66. The zero-order chi connectivity index (χ0) is 13.9. The number of ether oxygens (including phenoxy) is 1. The lowest BCUT2D eigenvalue weighted by Crippen LogP contribution is -2.38. The second kappa shape index (κ2) is 5.76. The number of amidine groups is 1. The molecule has 1 N–H and O–H groups in total. The van der Waals surface area contributed by atoms with Crippen molar-refractivity contribution in [2.75, 3.05) is 20.1 Å². The maximum Gasteiger partial charge on any atom is 0.317 e. The Morgan fingerprint density at radius 2 is 2.20 bits per heavy atom. The van der Waals surface area contributed by atoms with E-state index in [1.807, 2.05) is 0 Å². The van der Waals surface area contributed by atoms with Crippen LogP contribution in [-0.2, 0) is 4.84 Å². The Morgan fingerprint density at radius 1 is 1.40 bits per heavy atom. The first-order valence-electron chi connectivity index (χ1n) is 6.82. The number of likely N-dealkylation sites (tertiary alicyclic amines) is 1. The van der Waals surface area contributed by atoms with Crippen LogP contribution in [0.2, 0.25) is 0 Å². The molecule has 1 aromatic carbocycles. The molecule has 2 atom stereocenters. The van der Waals surface area contributed by atoms with Crippen LogP contribution in [-0.4, -0.2) is 37.3 Å². The van der Waals surface area contributed by atoms with Gasteiger partial charge in [0.05, 0.1) is 0 Å². The fraction of sp³-hybridized carbons (Fsp3) is 0.500. The fourth-order valence-corrected chi connectivity index (χ4v) is 2.58. The summed E-state index contributed by atoms with van der Waals surface area (Å²) in [6.45, 7) is 2.10. The van der Waals surface area contributed by atoms with Crippen LogP contribution in [0.15, 0.2) is 29.3 Å². The highest BCUT2D eigenvalue weighted by atomic mass is 19.1. The molecule has 2 aliphatic heterocycles. The van der Waals surface area contributed by atoms with Crippen molar-refractivity contribution in [2.45, 2.75) is 19.1 Å². The van der Waals surface area contributed by atoms with Gasteiger partial charge >= 0.3 is 6.02 Å². The highest BCUT2D eigenvalue weighted by molar-refractivity contribution is 5.76. The van der Waals surface area contributed by atoms with Gasteiger partial charge in [0.25, 0.3) is 0 Å². The predicted octanol–water partition coefficient (Wildman–Crippen LogP) is 1.76. The van der Waals surface area contributed by atoms with E-state index < -0.39 is 0 Å². The molecule has 1 saturated heterocycles. The van der Waals surface area contributed by atoms with E-state index >= 15 is 0 Å². The number of rotatable bonds is 2. The zero-order valence-electron chi connectivity index (χ0n) is 11.4. The molecule has 0 saturated carbocycles. The first-order chi connectivity index (χ1) is 9.70. The summed E-state index contributed by atoms with van der Waals surface area (Å²) < 4.78 is 18.3. The van der Waals surface area contributed by atoms with Crippen LogP contribution in [0.5, 0.6) is 5.75 Å². The molecule has 6 heteroatoms. The highest BCUT2D eigenvalue weighted by Crippen LogP contribution is 2.23. The number of benzene rings is 1. The molecule has 0 aromatic heterocycles. The molecule has 0 bridgehead atoms. The smallest absolute Gasteiger partial charge is 0.317 e. The normalized spacial score (nSPS) is 27.0. The third kappa shape index (κ3) is 3.08. The average molecular weight is 279 g/mol. The summed E-state index contributed by atoms with van der Waals surface area (Å²) in [7, 11) is 2.11. The van der Waals surface area contributed by atoms with Crippen molar-refractivity contribution in [2.24, 2.45) is 10.9 Å². The Bertz CT molecular complexity index is 492. The Morgan fingerprint density at radius 3 is 2.95 bits per heavy atom. The number of hydroxylamine groups is 1. The van der Waals surface area contributed by atoms with Crippen molar-refractivity contribution in [1.82, 2.24) is 10.4 Å². The van der Waals surface area contributed by atoms with E-state index in [0.29, 0.717) is 17.7 Å². The van der Waals surface area contributed by atoms with Crippen LogP contribution in [0.3, 0.4) is 0 Å². The van der Waals surface area contributed by atoms with Gasteiger partial charge in [-0.2, -0.15) is 4.99 Å². The molecular formula is C14H18FN3O2. The van der Waals surface area contributed by atoms with Crippen LogP contribution in [0.4, 0.5) is 4.39 Å². The molecule has 20 heavy (non-hydrogen) atoms. The van der Waals surface area contributed by atoms with Crippen molar-refractivity contribution in [3.63, 3.8) is 0 Å². The van der Waals surface area contributed by atoms with Gasteiger partial charge in [-0.15, -0.1) is 0 Å². The van der Waals surface area contributed by atoms with Gasteiger partial charge in [0.2, 0.25) is 0 Å². The lowest BCUT2D eigenvalue weighted by atomic mass is 9.97. The van der Waals surface area contributed by atoms with E-state index in [1.165, 1.54) is 12.1 Å². The number of aliphatic imine (C=N–C) groups is 1. The Balaban J connectivity index is 1.61. The van der Waals surface area contributed by atoms with Crippen molar-refractivity contribution >= 4 is 6.02 Å². The van der Waals surface area contributed by atoms with E-state index in [0.717, 1.165) is 25.9 Å². The summed E-state index contributed by atoms with van der Waals surface area (Å²) in [4.78, 5) is 12.2. The van der Waals surface area contributed by atoms with Crippen LogP contribution in [0, 0.1) is 11.7 Å². The number of nitrogens with zero attached hydrogens (tertiary/aromatic N) is 2. The molecule has 3 rings (SSSR count). The first-order valence-corrected chi connectivity index (χ1v) is 6.82. The maximum atomic E-state index is 12.8. The monoisotopic (exact) mass is 279 g/mol. The van der Waals surface area contributed by atoms with Gasteiger partial charge in [0.1, 0.15) is 11.6 Å². The Labute approximate surface area is 117 Å². The van der Waals surface area contributed by atoms with Crippen LogP contribution < -0.4 is 10.2 Å². The van der Waals surface area contributed by atoms with Gasteiger partial charge in [0, 0.05) is 12.5 Å². The van der Waals surface area contributed by atoms with E-state index in [9.17, 15) is 4.39 Å². The van der Waals surface area contributed by atoms with Gasteiger partial charge in [-0.3, -0.25) is 0 Å². The summed E-state index contributed by atoms with van der Waals surface area (Å²) >= 11 is 0. The van der Waals surface area contributed by atoms with E-state index in [1.54, 1.807) is 12.1 Å². The quantitative estimate of drug-likeness (QED) is 0.896. The molecule has 2 aliphatic rings. The van der Waals surface area contributed by atoms with Crippen LogP contribution >= 0.6 is 0 Å². The second-order valence-electron chi connectivity index (χ2n) is 5.27. The number of piperidine rings is 1. The SMILES string of the molecule is CN1CCCC(C2N=C(Oc3ccc(F)cc3)NO2)C1. The minimum atomic E-state index is -0.293. The van der Waals surface area contributed by atoms with Gasteiger partial charge < -0.3 is 9.64 Å². The van der Waals surface area contributed by atoms with E-state index in [4.69, 9.17) is 9.57 Å². The topological polar surface area (TPSA) is 46.1 Å². The summed E-state index contributed by atoms with van der Waals surface area (Å²) in [5.74, 6) is 0.608. The lowest BCUT2D eigenvalue weighted by molar-refractivity contribution is -0.0205. The summed E-state index contributed by atoms with van der Waals surface area (Å²) in [6, 6.07) is 6.14. The van der Waals surface area contributed by atoms with Crippen molar-refractivity contribution in [1.29, 1.82) is 0 Å².